The number of hydrogen-bond acceptors (Lipinski definition) is 6. The number of likely N-dealkylation sites (tertiary alicyclic amines) is 1. The van der Waals surface area contributed by atoms with Crippen LogP contribution in [-0.4, -0.2) is 71.2 Å². The number of benzene rings is 1. The van der Waals surface area contributed by atoms with Crippen LogP contribution >= 0.6 is 0 Å². The zero-order valence-electron chi connectivity index (χ0n) is 14.0. The summed E-state index contributed by atoms with van der Waals surface area (Å²) in [6, 6.07) is 3.18. The molecule has 0 spiro atoms. The minimum absolute atomic E-state index is 0.00133. The van der Waals surface area contributed by atoms with E-state index in [-0.39, 0.29) is 42.0 Å². The number of ether oxygens (including phenoxy) is 1. The van der Waals surface area contributed by atoms with E-state index in [1.165, 1.54) is 6.07 Å². The fourth-order valence-electron chi connectivity index (χ4n) is 2.97. The largest absolute Gasteiger partial charge is 0.669 e. The van der Waals surface area contributed by atoms with Gasteiger partial charge < -0.3 is 35.2 Å². The van der Waals surface area contributed by atoms with Gasteiger partial charge in [0.05, 0.1) is 25.4 Å². The van der Waals surface area contributed by atoms with Crippen molar-refractivity contribution in [2.45, 2.75) is 18.8 Å². The maximum atomic E-state index is 12.1. The highest BCUT2D eigenvalue weighted by Crippen LogP contribution is 2.38. The van der Waals surface area contributed by atoms with Crippen LogP contribution in [0.2, 0.25) is 6.32 Å². The van der Waals surface area contributed by atoms with Crippen LogP contribution in [-0.2, 0) is 6.42 Å². The highest BCUT2D eigenvalue weighted by Gasteiger charge is 2.35. The predicted molar refractivity (Wildman–Crippen MR) is 91.2 cm³/mol. The number of nitrogens with zero attached hydrogens (tertiary/aromatic N) is 2. The molecule has 9 nitrogen and oxygen atoms in total. The number of aliphatic imine (C=N–C) groups is 1. The standard InChI is InChI=1S/C15H20BFN3O6/c17-5-6-19-15(18)20-7-10(8-20)25-11-2-1-9-3-4-16(23,24)26-13(9)12(11)14(21)22/h1-2,10,23-24H,3-8H2,(H2,18,19)(H,21,22)/q-1. The molecule has 0 amide bonds. The molecule has 2 aliphatic rings. The van der Waals surface area contributed by atoms with E-state index in [9.17, 15) is 24.3 Å². The molecule has 5 N–H and O–H groups in total. The monoisotopic (exact) mass is 368 g/mol. The van der Waals surface area contributed by atoms with E-state index in [2.05, 4.69) is 4.99 Å². The molecule has 2 aliphatic heterocycles. The van der Waals surface area contributed by atoms with Crippen molar-refractivity contribution in [3.63, 3.8) is 0 Å². The Balaban J connectivity index is 1.75. The summed E-state index contributed by atoms with van der Waals surface area (Å²) in [4.78, 5) is 17.2. The second-order valence-electron chi connectivity index (χ2n) is 6.32. The van der Waals surface area contributed by atoms with Crippen LogP contribution in [0.15, 0.2) is 17.1 Å². The van der Waals surface area contributed by atoms with Crippen molar-refractivity contribution in [2.24, 2.45) is 10.7 Å². The highest BCUT2D eigenvalue weighted by atomic mass is 19.1. The second-order valence-corrected chi connectivity index (χ2v) is 6.32. The van der Waals surface area contributed by atoms with Crippen molar-refractivity contribution in [2.75, 3.05) is 26.3 Å². The number of aryl methyl sites for hydroxylation is 1. The molecular formula is C15H20BFN3O6-. The van der Waals surface area contributed by atoms with Gasteiger partial charge in [-0.1, -0.05) is 12.4 Å². The van der Waals surface area contributed by atoms with E-state index in [0.29, 0.717) is 25.1 Å². The Kier molecular flexibility index (Phi) is 4.92. The Morgan fingerprint density at radius 3 is 2.85 bits per heavy atom. The maximum absolute atomic E-state index is 12.1. The molecule has 0 unspecified atom stereocenters. The lowest BCUT2D eigenvalue weighted by Crippen LogP contribution is -2.58. The Hall–Kier alpha value is -2.53. The number of guanidine groups is 1. The summed E-state index contributed by atoms with van der Waals surface area (Å²) in [6.07, 6.45) is -0.0318. The smallest absolute Gasteiger partial charge is 0.430 e. The Bertz CT molecular complexity index is 738. The fraction of sp³-hybridized carbons (Fsp3) is 0.467. The summed E-state index contributed by atoms with van der Waals surface area (Å²) < 4.78 is 22.9. The summed E-state index contributed by atoms with van der Waals surface area (Å²) in [5.41, 5.74) is 6.04. The Morgan fingerprint density at radius 1 is 1.46 bits per heavy atom. The molecule has 0 aliphatic carbocycles. The van der Waals surface area contributed by atoms with Gasteiger partial charge in [-0.3, -0.25) is 4.99 Å². The molecular weight excluding hydrogens is 348 g/mol. The average Bonchev–Trinajstić information content (AvgIpc) is 2.53. The molecule has 11 heteroatoms. The lowest BCUT2D eigenvalue weighted by Gasteiger charge is -2.41. The van der Waals surface area contributed by atoms with Crippen molar-refractivity contribution in [3.8, 4) is 11.5 Å². The van der Waals surface area contributed by atoms with Gasteiger partial charge in [-0.05, 0) is 18.1 Å². The van der Waals surface area contributed by atoms with Crippen LogP contribution in [0.5, 0.6) is 11.5 Å². The van der Waals surface area contributed by atoms with Crippen LogP contribution in [0, 0.1) is 0 Å². The van der Waals surface area contributed by atoms with Crippen molar-refractivity contribution in [1.29, 1.82) is 0 Å². The van der Waals surface area contributed by atoms with E-state index in [4.69, 9.17) is 15.1 Å². The van der Waals surface area contributed by atoms with E-state index >= 15 is 0 Å². The third-order valence-corrected chi connectivity index (χ3v) is 4.34. The molecule has 142 valence electrons. The van der Waals surface area contributed by atoms with Crippen LogP contribution in [0.1, 0.15) is 15.9 Å². The van der Waals surface area contributed by atoms with Crippen molar-refractivity contribution >= 4 is 18.7 Å². The number of aromatic carboxylic acids is 1. The molecule has 1 aromatic rings. The normalized spacial score (nSPS) is 19.3. The zero-order valence-corrected chi connectivity index (χ0v) is 14.0. The fourth-order valence-corrected chi connectivity index (χ4v) is 2.97. The lowest BCUT2D eigenvalue weighted by atomic mass is 9.70. The molecule has 3 rings (SSSR count). The summed E-state index contributed by atoms with van der Waals surface area (Å²) in [5.74, 6) is -1.08. The molecule has 2 heterocycles. The van der Waals surface area contributed by atoms with Crippen LogP contribution in [0.3, 0.4) is 0 Å². The minimum atomic E-state index is -3.08. The summed E-state index contributed by atoms with van der Waals surface area (Å²) in [6.45, 7) is -2.92. The maximum Gasteiger partial charge on any atom is 0.430 e. The van der Waals surface area contributed by atoms with Crippen molar-refractivity contribution in [3.05, 3.63) is 23.3 Å². The molecule has 26 heavy (non-hydrogen) atoms. The Morgan fingerprint density at radius 2 is 2.19 bits per heavy atom. The van der Waals surface area contributed by atoms with Gasteiger partial charge in [-0.15, -0.1) is 0 Å². The van der Waals surface area contributed by atoms with Crippen LogP contribution < -0.4 is 15.1 Å². The first-order valence-electron chi connectivity index (χ1n) is 8.26. The van der Waals surface area contributed by atoms with Gasteiger partial charge in [-0.25, -0.2) is 9.18 Å². The molecule has 0 aromatic heterocycles. The van der Waals surface area contributed by atoms with Crippen LogP contribution in [0.4, 0.5) is 4.39 Å². The SMILES string of the molecule is NC(=NCCF)N1CC(Oc2ccc3c(c2C(=O)O)O[B-](O)(O)CC3)C1. The van der Waals surface area contributed by atoms with Crippen molar-refractivity contribution < 1.29 is 33.7 Å². The van der Waals surface area contributed by atoms with E-state index in [1.807, 2.05) is 0 Å². The quantitative estimate of drug-likeness (QED) is 0.313. The third-order valence-electron chi connectivity index (χ3n) is 4.34. The number of carboxylic acids is 1. The van der Waals surface area contributed by atoms with E-state index in [1.54, 1.807) is 11.0 Å². The topological polar surface area (TPSA) is 138 Å². The van der Waals surface area contributed by atoms with Crippen molar-refractivity contribution in [1.82, 2.24) is 4.90 Å². The minimum Gasteiger partial charge on any atom is -0.669 e. The van der Waals surface area contributed by atoms with E-state index < -0.39 is 19.4 Å². The van der Waals surface area contributed by atoms with Gasteiger partial charge in [0, 0.05) is 0 Å². The molecule has 0 radical (unpaired) electrons. The molecule has 0 saturated carbocycles. The Labute approximate surface area is 148 Å². The highest BCUT2D eigenvalue weighted by molar-refractivity contribution is 6.59. The number of hydrogen-bond donors (Lipinski definition) is 4. The molecule has 1 aromatic carbocycles. The van der Waals surface area contributed by atoms with Crippen LogP contribution in [0.25, 0.3) is 0 Å². The molecule has 0 atom stereocenters. The number of carboxylic acid groups (broad SMARTS) is 1. The first kappa shape index (κ1) is 18.3. The number of halogens is 1. The van der Waals surface area contributed by atoms with Gasteiger partial charge in [-0.2, -0.15) is 0 Å². The summed E-state index contributed by atoms with van der Waals surface area (Å²) in [5, 5.41) is 29.0. The summed E-state index contributed by atoms with van der Waals surface area (Å²) >= 11 is 0. The van der Waals surface area contributed by atoms with E-state index in [0.717, 1.165) is 0 Å². The van der Waals surface area contributed by atoms with Gasteiger partial charge in [0.2, 0.25) is 0 Å². The first-order valence-corrected chi connectivity index (χ1v) is 8.26. The number of carbonyl (C=O) groups is 1. The van der Waals surface area contributed by atoms with Gasteiger partial charge in [0.1, 0.15) is 24.1 Å². The van der Waals surface area contributed by atoms with Gasteiger partial charge in [0.15, 0.2) is 5.96 Å². The molecule has 1 saturated heterocycles. The van der Waals surface area contributed by atoms with Gasteiger partial charge >= 0.3 is 12.7 Å². The summed E-state index contributed by atoms with van der Waals surface area (Å²) in [7, 11) is 0. The number of nitrogens with two attached hydrogens (primary N) is 1. The average molecular weight is 368 g/mol. The third kappa shape index (κ3) is 3.68. The molecule has 1 fully saturated rings. The first-order chi connectivity index (χ1) is 12.3. The predicted octanol–water partition coefficient (Wildman–Crippen LogP) is -0.410. The second kappa shape index (κ2) is 7.00. The molecule has 0 bridgehead atoms. The number of alkyl halides is 1. The zero-order chi connectivity index (χ0) is 18.9. The van der Waals surface area contributed by atoms with Gasteiger partial charge in [0.25, 0.3) is 0 Å². The number of fused-ring (bicyclic) bond motifs is 1. The number of rotatable bonds is 5. The lowest BCUT2D eigenvalue weighted by molar-refractivity contribution is 0.0591.